The standard InChI is InChI=1S/C19H22N2O3/c1-19(2)11-14-7-6-9-16(18(14)24-19)23-13-17(22)21(3)12-15-8-4-5-10-20-15/h4-10H,11-13H2,1-3H3. The molecule has 0 saturated carbocycles. The van der Waals surface area contributed by atoms with Gasteiger partial charge in [-0.05, 0) is 32.0 Å². The number of hydrogen-bond acceptors (Lipinski definition) is 4. The highest BCUT2D eigenvalue weighted by molar-refractivity contribution is 5.77. The third-order valence-electron chi connectivity index (χ3n) is 3.96. The van der Waals surface area contributed by atoms with Crippen LogP contribution in [0.2, 0.25) is 0 Å². The number of nitrogens with zero attached hydrogens (tertiary/aromatic N) is 2. The van der Waals surface area contributed by atoms with Crippen LogP contribution >= 0.6 is 0 Å². The van der Waals surface area contributed by atoms with E-state index in [1.165, 1.54) is 0 Å². The molecule has 2 heterocycles. The number of rotatable bonds is 5. The van der Waals surface area contributed by atoms with Crippen molar-refractivity contribution in [3.05, 3.63) is 53.9 Å². The summed E-state index contributed by atoms with van der Waals surface area (Å²) in [5, 5.41) is 0. The van der Waals surface area contributed by atoms with Crippen molar-refractivity contribution in [3.63, 3.8) is 0 Å². The number of likely N-dealkylation sites (N-methyl/N-ethyl adjacent to an activating group) is 1. The molecule has 0 aliphatic carbocycles. The number of carbonyl (C=O) groups excluding carboxylic acids is 1. The molecule has 1 aliphatic heterocycles. The van der Waals surface area contributed by atoms with Gasteiger partial charge in [0, 0.05) is 25.2 Å². The predicted molar refractivity (Wildman–Crippen MR) is 91.1 cm³/mol. The largest absolute Gasteiger partial charge is 0.483 e. The van der Waals surface area contributed by atoms with Gasteiger partial charge in [0.05, 0.1) is 12.2 Å². The first kappa shape index (κ1) is 16.3. The fraction of sp³-hybridized carbons (Fsp3) is 0.368. The number of carbonyl (C=O) groups is 1. The van der Waals surface area contributed by atoms with E-state index in [0.29, 0.717) is 12.3 Å². The van der Waals surface area contributed by atoms with Crippen LogP contribution in [-0.2, 0) is 17.8 Å². The van der Waals surface area contributed by atoms with Gasteiger partial charge in [-0.1, -0.05) is 18.2 Å². The van der Waals surface area contributed by atoms with Crippen molar-refractivity contribution in [2.45, 2.75) is 32.4 Å². The quantitative estimate of drug-likeness (QED) is 0.848. The van der Waals surface area contributed by atoms with Gasteiger partial charge in [0.15, 0.2) is 18.1 Å². The molecule has 2 aromatic rings. The maximum absolute atomic E-state index is 12.3. The normalized spacial score (nSPS) is 14.6. The average Bonchev–Trinajstić information content (AvgIpc) is 2.87. The summed E-state index contributed by atoms with van der Waals surface area (Å²) >= 11 is 0. The first-order valence-corrected chi connectivity index (χ1v) is 8.02. The lowest BCUT2D eigenvalue weighted by molar-refractivity contribution is -0.132. The van der Waals surface area contributed by atoms with E-state index in [2.05, 4.69) is 4.98 Å². The van der Waals surface area contributed by atoms with Gasteiger partial charge in [0.25, 0.3) is 5.91 Å². The third kappa shape index (κ3) is 3.67. The summed E-state index contributed by atoms with van der Waals surface area (Å²) in [7, 11) is 1.75. The zero-order valence-electron chi connectivity index (χ0n) is 14.3. The van der Waals surface area contributed by atoms with Gasteiger partial charge in [-0.2, -0.15) is 0 Å². The Morgan fingerprint density at radius 2 is 2.12 bits per heavy atom. The van der Waals surface area contributed by atoms with E-state index in [1.54, 1.807) is 18.1 Å². The Morgan fingerprint density at radius 3 is 2.88 bits per heavy atom. The van der Waals surface area contributed by atoms with Crippen molar-refractivity contribution in [2.24, 2.45) is 0 Å². The van der Waals surface area contributed by atoms with Crippen molar-refractivity contribution in [3.8, 4) is 11.5 Å². The molecule has 0 bridgehead atoms. The lowest BCUT2D eigenvalue weighted by Crippen LogP contribution is -2.31. The summed E-state index contributed by atoms with van der Waals surface area (Å²) in [5.41, 5.74) is 1.73. The number of fused-ring (bicyclic) bond motifs is 1. The molecule has 126 valence electrons. The fourth-order valence-electron chi connectivity index (χ4n) is 2.77. The van der Waals surface area contributed by atoms with Gasteiger partial charge in [-0.15, -0.1) is 0 Å². The van der Waals surface area contributed by atoms with Crippen LogP contribution in [0.1, 0.15) is 25.1 Å². The van der Waals surface area contributed by atoms with Gasteiger partial charge >= 0.3 is 0 Å². The molecule has 5 heteroatoms. The topological polar surface area (TPSA) is 51.7 Å². The van der Waals surface area contributed by atoms with E-state index in [4.69, 9.17) is 9.47 Å². The van der Waals surface area contributed by atoms with E-state index >= 15 is 0 Å². The zero-order valence-corrected chi connectivity index (χ0v) is 14.3. The second-order valence-corrected chi connectivity index (χ2v) is 6.64. The molecular formula is C19H22N2O3. The maximum atomic E-state index is 12.3. The maximum Gasteiger partial charge on any atom is 0.260 e. The van der Waals surface area contributed by atoms with Crippen LogP contribution < -0.4 is 9.47 Å². The lowest BCUT2D eigenvalue weighted by Gasteiger charge is -2.19. The molecule has 24 heavy (non-hydrogen) atoms. The molecule has 1 aliphatic rings. The monoisotopic (exact) mass is 326 g/mol. The second kappa shape index (κ2) is 6.51. The van der Waals surface area contributed by atoms with Crippen LogP contribution in [0.3, 0.4) is 0 Å². The highest BCUT2D eigenvalue weighted by Gasteiger charge is 2.32. The number of hydrogen-bond donors (Lipinski definition) is 0. The Hall–Kier alpha value is -2.56. The average molecular weight is 326 g/mol. The molecule has 1 aromatic heterocycles. The van der Waals surface area contributed by atoms with E-state index in [9.17, 15) is 4.79 Å². The van der Waals surface area contributed by atoms with Crippen LogP contribution in [0.5, 0.6) is 11.5 Å². The van der Waals surface area contributed by atoms with Gasteiger partial charge in [0.1, 0.15) is 5.60 Å². The van der Waals surface area contributed by atoms with Crippen LogP contribution in [0.25, 0.3) is 0 Å². The molecule has 1 aromatic carbocycles. The summed E-state index contributed by atoms with van der Waals surface area (Å²) in [6, 6.07) is 11.5. The van der Waals surface area contributed by atoms with Crippen molar-refractivity contribution < 1.29 is 14.3 Å². The van der Waals surface area contributed by atoms with E-state index in [-0.39, 0.29) is 18.1 Å². The number of benzene rings is 1. The molecule has 0 spiro atoms. The number of amides is 1. The Bertz CT molecular complexity index is 729. The predicted octanol–water partition coefficient (Wildman–Crippen LogP) is 2.83. The van der Waals surface area contributed by atoms with E-state index < -0.39 is 0 Å². The summed E-state index contributed by atoms with van der Waals surface area (Å²) < 4.78 is 11.7. The zero-order chi connectivity index (χ0) is 17.2. The summed E-state index contributed by atoms with van der Waals surface area (Å²) in [4.78, 5) is 18.1. The highest BCUT2D eigenvalue weighted by Crippen LogP contribution is 2.41. The Balaban J connectivity index is 1.61. The minimum Gasteiger partial charge on any atom is -0.483 e. The van der Waals surface area contributed by atoms with Gasteiger partial charge in [0.2, 0.25) is 0 Å². The highest BCUT2D eigenvalue weighted by atomic mass is 16.5. The molecule has 0 fully saturated rings. The molecule has 5 nitrogen and oxygen atoms in total. The smallest absolute Gasteiger partial charge is 0.260 e. The Morgan fingerprint density at radius 1 is 1.29 bits per heavy atom. The van der Waals surface area contributed by atoms with Crippen molar-refractivity contribution in [2.75, 3.05) is 13.7 Å². The minimum absolute atomic E-state index is 0.0242. The molecule has 3 rings (SSSR count). The number of ether oxygens (including phenoxy) is 2. The molecule has 0 N–H and O–H groups in total. The SMILES string of the molecule is CN(Cc1ccccn1)C(=O)COc1cccc2c1OC(C)(C)C2. The Labute approximate surface area is 142 Å². The Kier molecular flexibility index (Phi) is 4.42. The molecule has 0 atom stereocenters. The van der Waals surface area contributed by atoms with Crippen molar-refractivity contribution >= 4 is 5.91 Å². The second-order valence-electron chi connectivity index (χ2n) is 6.64. The van der Waals surface area contributed by atoms with Crippen molar-refractivity contribution in [1.29, 1.82) is 0 Å². The molecule has 1 amide bonds. The molecule has 0 unspecified atom stereocenters. The molecule has 0 saturated heterocycles. The van der Waals surface area contributed by atoms with Crippen LogP contribution in [0.15, 0.2) is 42.6 Å². The van der Waals surface area contributed by atoms with Crippen LogP contribution in [0.4, 0.5) is 0 Å². The molecule has 0 radical (unpaired) electrons. The van der Waals surface area contributed by atoms with Gasteiger partial charge in [-0.3, -0.25) is 9.78 Å². The summed E-state index contributed by atoms with van der Waals surface area (Å²) in [5.74, 6) is 1.27. The van der Waals surface area contributed by atoms with Gasteiger partial charge < -0.3 is 14.4 Å². The minimum atomic E-state index is -0.235. The lowest BCUT2D eigenvalue weighted by atomic mass is 10.0. The number of aromatic nitrogens is 1. The van der Waals surface area contributed by atoms with Gasteiger partial charge in [-0.25, -0.2) is 0 Å². The van der Waals surface area contributed by atoms with Crippen molar-refractivity contribution in [1.82, 2.24) is 9.88 Å². The van der Waals surface area contributed by atoms with Crippen LogP contribution in [-0.4, -0.2) is 35.0 Å². The first-order valence-electron chi connectivity index (χ1n) is 8.02. The number of pyridine rings is 1. The summed E-state index contributed by atoms with van der Waals surface area (Å²) in [6.07, 6.45) is 2.56. The van der Waals surface area contributed by atoms with E-state index in [1.807, 2.05) is 50.2 Å². The van der Waals surface area contributed by atoms with Crippen LogP contribution in [0, 0.1) is 0 Å². The molecular weight excluding hydrogens is 304 g/mol. The first-order chi connectivity index (χ1) is 11.4. The fourth-order valence-corrected chi connectivity index (χ4v) is 2.77. The summed E-state index contributed by atoms with van der Waals surface area (Å²) in [6.45, 7) is 4.52. The number of para-hydroxylation sites is 1. The third-order valence-corrected chi connectivity index (χ3v) is 3.96. The van der Waals surface area contributed by atoms with E-state index in [0.717, 1.165) is 23.4 Å².